The van der Waals surface area contributed by atoms with Gasteiger partial charge in [0.1, 0.15) is 0 Å². The molecule has 23 heavy (non-hydrogen) atoms. The molecule has 1 aromatic heterocycles. The van der Waals surface area contributed by atoms with E-state index in [0.29, 0.717) is 26.2 Å². The Kier molecular flexibility index (Phi) is 8.36. The van der Waals surface area contributed by atoms with Crippen molar-refractivity contribution in [2.24, 2.45) is 0 Å². The summed E-state index contributed by atoms with van der Waals surface area (Å²) in [7, 11) is 0. The molecule has 128 valence electrons. The summed E-state index contributed by atoms with van der Waals surface area (Å²) in [6.45, 7) is 2.93. The molecule has 2 amide bonds. The van der Waals surface area contributed by atoms with Crippen molar-refractivity contribution in [3.8, 4) is 0 Å². The number of unbranched alkanes of at least 4 members (excludes halogenated alkanes) is 1. The smallest absolute Gasteiger partial charge is 0.250 e. The summed E-state index contributed by atoms with van der Waals surface area (Å²) < 4.78 is 1.65. The van der Waals surface area contributed by atoms with Crippen LogP contribution in [0.1, 0.15) is 12.8 Å². The van der Waals surface area contributed by atoms with Gasteiger partial charge in [-0.25, -0.2) is 0 Å². The Hall–Kier alpha value is -1.86. The molecule has 8 heteroatoms. The second-order valence-corrected chi connectivity index (χ2v) is 5.28. The molecule has 2 heterocycles. The minimum atomic E-state index is -0.132. The number of amides is 2. The van der Waals surface area contributed by atoms with Gasteiger partial charge in [-0.1, -0.05) is 6.07 Å². The number of rotatable bonds is 7. The summed E-state index contributed by atoms with van der Waals surface area (Å²) >= 11 is 0. The molecule has 0 radical (unpaired) electrons. The maximum Gasteiger partial charge on any atom is 0.250 e. The number of aryl methyl sites for hydroxylation is 1. The first-order valence-electron chi connectivity index (χ1n) is 7.57. The third-order valence-electron chi connectivity index (χ3n) is 3.57. The molecule has 1 aliphatic rings. The first-order valence-corrected chi connectivity index (χ1v) is 7.57. The summed E-state index contributed by atoms with van der Waals surface area (Å²) in [6.07, 6.45) is 3.37. The van der Waals surface area contributed by atoms with Crippen LogP contribution in [0.4, 0.5) is 0 Å². The summed E-state index contributed by atoms with van der Waals surface area (Å²) in [4.78, 5) is 36.4. The van der Waals surface area contributed by atoms with Crippen molar-refractivity contribution in [3.05, 3.63) is 34.7 Å². The zero-order valence-corrected chi connectivity index (χ0v) is 13.8. The number of nitrogens with zero attached hydrogens (tertiary/aromatic N) is 2. The fourth-order valence-corrected chi connectivity index (χ4v) is 2.32. The SMILES string of the molecule is Cl.O=C(CN1CCNCC1=O)NCCCCn1ccccc1=O. The highest BCUT2D eigenvalue weighted by Crippen LogP contribution is 1.95. The van der Waals surface area contributed by atoms with Gasteiger partial charge in [-0.15, -0.1) is 12.4 Å². The zero-order valence-electron chi connectivity index (χ0n) is 13.0. The van der Waals surface area contributed by atoms with Crippen molar-refractivity contribution in [2.45, 2.75) is 19.4 Å². The monoisotopic (exact) mass is 342 g/mol. The maximum atomic E-state index is 11.8. The Morgan fingerprint density at radius 1 is 1.26 bits per heavy atom. The van der Waals surface area contributed by atoms with Crippen molar-refractivity contribution >= 4 is 24.2 Å². The largest absolute Gasteiger partial charge is 0.355 e. The minimum absolute atomic E-state index is 0. The van der Waals surface area contributed by atoms with Crippen LogP contribution in [0.5, 0.6) is 0 Å². The third kappa shape index (κ3) is 6.42. The molecule has 0 aromatic carbocycles. The van der Waals surface area contributed by atoms with Crippen LogP contribution in [-0.4, -0.2) is 54.0 Å². The molecule has 0 atom stereocenters. The molecule has 0 bridgehead atoms. The van der Waals surface area contributed by atoms with E-state index in [9.17, 15) is 14.4 Å². The highest BCUT2D eigenvalue weighted by molar-refractivity contribution is 5.86. The normalized spacial score (nSPS) is 14.3. The van der Waals surface area contributed by atoms with E-state index in [2.05, 4.69) is 10.6 Å². The van der Waals surface area contributed by atoms with E-state index in [1.165, 1.54) is 6.07 Å². The molecule has 0 unspecified atom stereocenters. The van der Waals surface area contributed by atoms with Crippen LogP contribution in [0, 0.1) is 0 Å². The number of carbonyl (C=O) groups excluding carboxylic acids is 2. The number of piperazine rings is 1. The van der Waals surface area contributed by atoms with Gasteiger partial charge in [-0.3, -0.25) is 14.4 Å². The van der Waals surface area contributed by atoms with E-state index in [1.54, 1.807) is 21.7 Å². The molecule has 2 rings (SSSR count). The van der Waals surface area contributed by atoms with Crippen LogP contribution in [0.2, 0.25) is 0 Å². The first-order chi connectivity index (χ1) is 10.7. The minimum Gasteiger partial charge on any atom is -0.355 e. The van der Waals surface area contributed by atoms with Gasteiger partial charge in [0.15, 0.2) is 0 Å². The van der Waals surface area contributed by atoms with Gasteiger partial charge in [0.2, 0.25) is 17.4 Å². The van der Waals surface area contributed by atoms with Gasteiger partial charge >= 0.3 is 0 Å². The van der Waals surface area contributed by atoms with E-state index in [1.807, 2.05) is 6.07 Å². The molecule has 1 fully saturated rings. The molecule has 7 nitrogen and oxygen atoms in total. The van der Waals surface area contributed by atoms with Crippen molar-refractivity contribution in [2.75, 3.05) is 32.7 Å². The van der Waals surface area contributed by atoms with Crippen LogP contribution in [-0.2, 0) is 16.1 Å². The lowest BCUT2D eigenvalue weighted by atomic mass is 10.3. The van der Waals surface area contributed by atoms with Gasteiger partial charge in [0, 0.05) is 38.4 Å². The Morgan fingerprint density at radius 3 is 2.83 bits per heavy atom. The molecule has 0 saturated carbocycles. The van der Waals surface area contributed by atoms with Crippen LogP contribution in [0.3, 0.4) is 0 Å². The average Bonchev–Trinajstić information content (AvgIpc) is 2.51. The van der Waals surface area contributed by atoms with E-state index in [4.69, 9.17) is 0 Å². The topological polar surface area (TPSA) is 83.4 Å². The number of nitrogens with one attached hydrogen (secondary N) is 2. The average molecular weight is 343 g/mol. The predicted molar refractivity (Wildman–Crippen MR) is 89.6 cm³/mol. The number of aromatic nitrogens is 1. The highest BCUT2D eigenvalue weighted by atomic mass is 35.5. The molecule has 0 spiro atoms. The second kappa shape index (κ2) is 10.0. The molecular formula is C15H23ClN4O3. The highest BCUT2D eigenvalue weighted by Gasteiger charge is 2.19. The lowest BCUT2D eigenvalue weighted by molar-refractivity contribution is -0.136. The van der Waals surface area contributed by atoms with Crippen LogP contribution >= 0.6 is 12.4 Å². The lowest BCUT2D eigenvalue weighted by Crippen LogP contribution is -2.51. The van der Waals surface area contributed by atoms with Crippen LogP contribution in [0.25, 0.3) is 0 Å². The fraction of sp³-hybridized carbons (Fsp3) is 0.533. The number of halogens is 1. The summed E-state index contributed by atoms with van der Waals surface area (Å²) in [5.74, 6) is -0.169. The quantitative estimate of drug-likeness (QED) is 0.660. The van der Waals surface area contributed by atoms with E-state index in [-0.39, 0.29) is 36.3 Å². The molecule has 1 aromatic rings. The van der Waals surface area contributed by atoms with Crippen molar-refractivity contribution < 1.29 is 9.59 Å². The first kappa shape index (κ1) is 19.2. The zero-order chi connectivity index (χ0) is 15.8. The van der Waals surface area contributed by atoms with Crippen molar-refractivity contribution in [1.29, 1.82) is 0 Å². The molecule has 0 aliphatic carbocycles. The standard InChI is InChI=1S/C15H22N4O3.ClH/c20-13(12-19-10-7-16-11-15(19)22)17-6-2-4-9-18-8-3-1-5-14(18)21;/h1,3,5,8,16H,2,4,6-7,9-12H2,(H,17,20);1H. The second-order valence-electron chi connectivity index (χ2n) is 5.28. The van der Waals surface area contributed by atoms with Gasteiger partial charge in [-0.05, 0) is 18.9 Å². The number of carbonyl (C=O) groups is 2. The number of hydrogen-bond donors (Lipinski definition) is 2. The van der Waals surface area contributed by atoms with Crippen LogP contribution < -0.4 is 16.2 Å². The molecule has 1 aliphatic heterocycles. The maximum absolute atomic E-state index is 11.8. The van der Waals surface area contributed by atoms with Crippen LogP contribution in [0.15, 0.2) is 29.2 Å². The van der Waals surface area contributed by atoms with E-state index in [0.717, 1.165) is 19.4 Å². The summed E-state index contributed by atoms with van der Waals surface area (Å²) in [6, 6.07) is 5.08. The Morgan fingerprint density at radius 2 is 2.09 bits per heavy atom. The van der Waals surface area contributed by atoms with Crippen molar-refractivity contribution in [1.82, 2.24) is 20.1 Å². The van der Waals surface area contributed by atoms with E-state index < -0.39 is 0 Å². The Bertz CT molecular complexity index is 576. The van der Waals surface area contributed by atoms with E-state index >= 15 is 0 Å². The summed E-state index contributed by atoms with van der Waals surface area (Å²) in [5, 5.41) is 5.78. The Labute approximate surface area is 141 Å². The molecule has 2 N–H and O–H groups in total. The van der Waals surface area contributed by atoms with Gasteiger partial charge in [-0.2, -0.15) is 0 Å². The van der Waals surface area contributed by atoms with Gasteiger partial charge < -0.3 is 20.1 Å². The lowest BCUT2D eigenvalue weighted by Gasteiger charge is -2.26. The molecule has 1 saturated heterocycles. The number of hydrogen-bond acceptors (Lipinski definition) is 4. The fourth-order valence-electron chi connectivity index (χ4n) is 2.32. The third-order valence-corrected chi connectivity index (χ3v) is 3.57. The predicted octanol–water partition coefficient (Wildman–Crippen LogP) is -0.402. The van der Waals surface area contributed by atoms with Gasteiger partial charge in [0.05, 0.1) is 13.1 Å². The van der Waals surface area contributed by atoms with Crippen molar-refractivity contribution in [3.63, 3.8) is 0 Å². The number of pyridine rings is 1. The summed E-state index contributed by atoms with van der Waals surface area (Å²) in [5.41, 5.74) is -0.0104. The Balaban J connectivity index is 0.00000264. The van der Waals surface area contributed by atoms with Gasteiger partial charge in [0.25, 0.3) is 0 Å². The molecular weight excluding hydrogens is 320 g/mol.